The number of carbonyl (C=O) groups excluding carboxylic acids is 1. The van der Waals surface area contributed by atoms with E-state index in [0.29, 0.717) is 19.5 Å². The summed E-state index contributed by atoms with van der Waals surface area (Å²) in [5.41, 5.74) is 7.58. The average Bonchev–Trinajstić information content (AvgIpc) is 2.85. The predicted octanol–water partition coefficient (Wildman–Crippen LogP) is 5.09. The van der Waals surface area contributed by atoms with Gasteiger partial charge in [0.1, 0.15) is 0 Å². The summed E-state index contributed by atoms with van der Waals surface area (Å²) in [7, 11) is 0. The van der Waals surface area contributed by atoms with Crippen molar-refractivity contribution >= 4 is 28.9 Å². The van der Waals surface area contributed by atoms with Gasteiger partial charge in [-0.25, -0.2) is 0 Å². The molecule has 6 heteroatoms. The van der Waals surface area contributed by atoms with Crippen LogP contribution in [0.15, 0.2) is 42.5 Å². The second-order valence-corrected chi connectivity index (χ2v) is 7.93. The fraction of sp³-hybridized carbons (Fsp3) is 0.304. The summed E-state index contributed by atoms with van der Waals surface area (Å²) < 4.78 is 2.01. The third kappa shape index (κ3) is 4.30. The normalized spacial score (nSPS) is 13.6. The SMILES string of the molecule is Cc1nn(Cc2ccccc2Cl)c(C)c1CNc1ccc2c(c1)CCCC(=O)N2. The quantitative estimate of drug-likeness (QED) is 0.618. The molecule has 0 atom stereocenters. The van der Waals surface area contributed by atoms with Crippen LogP contribution in [0.4, 0.5) is 11.4 Å². The number of aromatic nitrogens is 2. The number of nitrogens with zero attached hydrogens (tertiary/aromatic N) is 2. The van der Waals surface area contributed by atoms with E-state index in [1.165, 1.54) is 11.1 Å². The molecule has 1 aliphatic rings. The van der Waals surface area contributed by atoms with Crippen molar-refractivity contribution in [3.63, 3.8) is 0 Å². The monoisotopic (exact) mass is 408 g/mol. The zero-order valence-electron chi connectivity index (χ0n) is 16.8. The zero-order valence-corrected chi connectivity index (χ0v) is 17.5. The molecule has 29 heavy (non-hydrogen) atoms. The molecule has 1 aromatic heterocycles. The van der Waals surface area contributed by atoms with Gasteiger partial charge in [0.15, 0.2) is 0 Å². The van der Waals surface area contributed by atoms with E-state index < -0.39 is 0 Å². The third-order valence-corrected chi connectivity index (χ3v) is 5.88. The van der Waals surface area contributed by atoms with E-state index in [0.717, 1.165) is 46.2 Å². The number of anilines is 2. The van der Waals surface area contributed by atoms with Crippen molar-refractivity contribution in [3.05, 3.63) is 75.6 Å². The van der Waals surface area contributed by atoms with Gasteiger partial charge in [-0.05, 0) is 62.1 Å². The summed E-state index contributed by atoms with van der Waals surface area (Å²) in [6.45, 7) is 5.50. The van der Waals surface area contributed by atoms with E-state index in [2.05, 4.69) is 23.6 Å². The molecule has 2 heterocycles. The van der Waals surface area contributed by atoms with E-state index in [-0.39, 0.29) is 5.91 Å². The van der Waals surface area contributed by atoms with Crippen LogP contribution in [0.5, 0.6) is 0 Å². The van der Waals surface area contributed by atoms with Gasteiger partial charge in [-0.2, -0.15) is 5.10 Å². The Hall–Kier alpha value is -2.79. The fourth-order valence-corrected chi connectivity index (χ4v) is 4.00. The molecule has 0 radical (unpaired) electrons. The van der Waals surface area contributed by atoms with E-state index in [1.807, 2.05) is 48.0 Å². The van der Waals surface area contributed by atoms with Gasteiger partial charge in [0.25, 0.3) is 0 Å². The number of carbonyl (C=O) groups is 1. The highest BCUT2D eigenvalue weighted by atomic mass is 35.5. The van der Waals surface area contributed by atoms with E-state index >= 15 is 0 Å². The molecule has 2 aromatic carbocycles. The number of nitrogens with one attached hydrogen (secondary N) is 2. The Balaban J connectivity index is 1.49. The molecule has 0 spiro atoms. The Morgan fingerprint density at radius 1 is 1.17 bits per heavy atom. The van der Waals surface area contributed by atoms with E-state index in [1.54, 1.807) is 0 Å². The molecule has 0 saturated carbocycles. The summed E-state index contributed by atoms with van der Waals surface area (Å²) in [4.78, 5) is 11.7. The standard InChI is InChI=1S/C23H25ClN4O/c1-15-20(16(2)28(27-15)14-18-6-3-4-8-21(18)24)13-25-19-10-11-22-17(12-19)7-5-9-23(29)26-22/h3-4,6,8,10-12,25H,5,7,9,13-14H2,1-2H3,(H,26,29). The molecule has 0 bridgehead atoms. The van der Waals surface area contributed by atoms with Gasteiger partial charge in [0.05, 0.1) is 12.2 Å². The highest BCUT2D eigenvalue weighted by molar-refractivity contribution is 6.31. The summed E-state index contributed by atoms with van der Waals surface area (Å²) in [5, 5.41) is 12.0. The third-order valence-electron chi connectivity index (χ3n) is 5.51. The molecule has 150 valence electrons. The molecule has 1 aliphatic heterocycles. The Bertz CT molecular complexity index is 1060. The first kappa shape index (κ1) is 19.5. The van der Waals surface area contributed by atoms with Crippen molar-refractivity contribution in [2.24, 2.45) is 0 Å². The lowest BCUT2D eigenvalue weighted by atomic mass is 10.1. The lowest BCUT2D eigenvalue weighted by molar-refractivity contribution is -0.116. The minimum Gasteiger partial charge on any atom is -0.381 e. The van der Waals surface area contributed by atoms with Crippen LogP contribution in [0.1, 0.15) is 40.9 Å². The fourth-order valence-electron chi connectivity index (χ4n) is 3.81. The Morgan fingerprint density at radius 3 is 2.83 bits per heavy atom. The largest absolute Gasteiger partial charge is 0.381 e. The van der Waals surface area contributed by atoms with E-state index in [9.17, 15) is 4.79 Å². The van der Waals surface area contributed by atoms with Gasteiger partial charge >= 0.3 is 0 Å². The first-order valence-corrected chi connectivity index (χ1v) is 10.3. The molecular formula is C23H25ClN4O. The van der Waals surface area contributed by atoms with E-state index in [4.69, 9.17) is 16.7 Å². The van der Waals surface area contributed by atoms with Crippen LogP contribution in [0, 0.1) is 13.8 Å². The van der Waals surface area contributed by atoms with Gasteiger partial charge in [0.2, 0.25) is 5.91 Å². The molecule has 1 amide bonds. The molecule has 3 aromatic rings. The molecule has 0 unspecified atom stereocenters. The van der Waals surface area contributed by atoms with Crippen LogP contribution in [0.3, 0.4) is 0 Å². The van der Waals surface area contributed by atoms with Crippen molar-refractivity contribution in [2.75, 3.05) is 10.6 Å². The number of aryl methyl sites for hydroxylation is 2. The number of amides is 1. The first-order valence-electron chi connectivity index (χ1n) is 9.94. The van der Waals surface area contributed by atoms with Crippen LogP contribution in [0.25, 0.3) is 0 Å². The first-order chi connectivity index (χ1) is 14.0. The van der Waals surface area contributed by atoms with Gasteiger partial charge in [-0.1, -0.05) is 29.8 Å². The lowest BCUT2D eigenvalue weighted by Gasteiger charge is -2.12. The zero-order chi connectivity index (χ0) is 20.4. The van der Waals surface area contributed by atoms with Crippen molar-refractivity contribution in [1.82, 2.24) is 9.78 Å². The number of fused-ring (bicyclic) bond motifs is 1. The Morgan fingerprint density at radius 2 is 2.00 bits per heavy atom. The number of benzene rings is 2. The highest BCUT2D eigenvalue weighted by Crippen LogP contribution is 2.26. The van der Waals surface area contributed by atoms with Crippen molar-refractivity contribution in [1.29, 1.82) is 0 Å². The Labute approximate surface area is 176 Å². The molecule has 0 saturated heterocycles. The van der Waals surface area contributed by atoms with Crippen LogP contribution >= 0.6 is 11.6 Å². The maximum atomic E-state index is 11.7. The number of hydrogen-bond acceptors (Lipinski definition) is 3. The van der Waals surface area contributed by atoms with Crippen molar-refractivity contribution < 1.29 is 4.79 Å². The molecule has 5 nitrogen and oxygen atoms in total. The number of hydrogen-bond donors (Lipinski definition) is 2. The minimum atomic E-state index is 0.0987. The molecule has 4 rings (SSSR count). The maximum absolute atomic E-state index is 11.7. The van der Waals surface area contributed by atoms with Crippen molar-refractivity contribution in [3.8, 4) is 0 Å². The smallest absolute Gasteiger partial charge is 0.224 e. The van der Waals surface area contributed by atoms with Gasteiger partial charge in [0, 0.05) is 40.6 Å². The van der Waals surface area contributed by atoms with Crippen LogP contribution in [-0.2, 0) is 24.3 Å². The van der Waals surface area contributed by atoms with Crippen LogP contribution in [0.2, 0.25) is 5.02 Å². The summed E-state index contributed by atoms with van der Waals surface area (Å²) in [5.74, 6) is 0.0987. The van der Waals surface area contributed by atoms with Crippen molar-refractivity contribution in [2.45, 2.75) is 46.2 Å². The molecule has 0 fully saturated rings. The average molecular weight is 409 g/mol. The highest BCUT2D eigenvalue weighted by Gasteiger charge is 2.15. The van der Waals surface area contributed by atoms with Gasteiger partial charge < -0.3 is 10.6 Å². The summed E-state index contributed by atoms with van der Waals surface area (Å²) >= 11 is 6.31. The maximum Gasteiger partial charge on any atom is 0.224 e. The topological polar surface area (TPSA) is 59.0 Å². The number of rotatable bonds is 5. The number of halogens is 1. The van der Waals surface area contributed by atoms with Gasteiger partial charge in [-0.3, -0.25) is 9.48 Å². The summed E-state index contributed by atoms with van der Waals surface area (Å²) in [6.07, 6.45) is 2.38. The second kappa shape index (κ2) is 8.29. The van der Waals surface area contributed by atoms with Crippen LogP contribution in [-0.4, -0.2) is 15.7 Å². The predicted molar refractivity (Wildman–Crippen MR) is 118 cm³/mol. The molecule has 0 aliphatic carbocycles. The Kier molecular flexibility index (Phi) is 5.58. The molecule has 2 N–H and O–H groups in total. The lowest BCUT2D eigenvalue weighted by Crippen LogP contribution is -2.09. The molecular weight excluding hydrogens is 384 g/mol. The van der Waals surface area contributed by atoms with Crippen LogP contribution < -0.4 is 10.6 Å². The minimum absolute atomic E-state index is 0.0987. The van der Waals surface area contributed by atoms with Gasteiger partial charge in [-0.15, -0.1) is 0 Å². The second-order valence-electron chi connectivity index (χ2n) is 7.53. The summed E-state index contributed by atoms with van der Waals surface area (Å²) in [6, 6.07) is 14.0.